The van der Waals surface area contributed by atoms with Gasteiger partial charge in [0.05, 0.1) is 12.8 Å². The van der Waals surface area contributed by atoms with Crippen LogP contribution in [0.4, 0.5) is 0 Å². The van der Waals surface area contributed by atoms with Gasteiger partial charge < -0.3 is 10.2 Å². The van der Waals surface area contributed by atoms with E-state index in [-0.39, 0.29) is 0 Å². The fraction of sp³-hybridized carbons (Fsp3) is 0.143. The highest BCUT2D eigenvalue weighted by molar-refractivity contribution is 5.48. The highest BCUT2D eigenvalue weighted by Gasteiger charge is 1.97. The van der Waals surface area contributed by atoms with Crippen LogP contribution in [0.3, 0.4) is 0 Å². The lowest BCUT2D eigenvalue weighted by atomic mass is 10.2. The van der Waals surface area contributed by atoms with Crippen molar-refractivity contribution < 1.29 is 4.42 Å². The third-order valence-corrected chi connectivity index (χ3v) is 1.19. The predicted octanol–water partition coefficient (Wildman–Crippen LogP) is 1.38. The lowest BCUT2D eigenvalue weighted by Gasteiger charge is -1.88. The summed E-state index contributed by atoms with van der Waals surface area (Å²) in [6.45, 7) is 4.04. The molecule has 0 saturated heterocycles. The van der Waals surface area contributed by atoms with E-state index in [9.17, 15) is 0 Å². The van der Waals surface area contributed by atoms with Crippen molar-refractivity contribution in [1.29, 1.82) is 0 Å². The van der Waals surface area contributed by atoms with Crippen LogP contribution in [0.5, 0.6) is 0 Å². The molecule has 48 valence electrons. The monoisotopic (exact) mass is 123 g/mol. The SMILES string of the molecule is C=Cc1ccoc1CN. The quantitative estimate of drug-likeness (QED) is 0.645. The normalized spacial score (nSPS) is 9.44. The molecule has 0 unspecified atom stereocenters. The van der Waals surface area contributed by atoms with Crippen LogP contribution < -0.4 is 5.73 Å². The molecule has 0 saturated carbocycles. The zero-order chi connectivity index (χ0) is 6.69. The molecule has 0 aliphatic carbocycles. The van der Waals surface area contributed by atoms with Gasteiger partial charge in [0.2, 0.25) is 0 Å². The number of nitrogens with two attached hydrogens (primary N) is 1. The maximum absolute atomic E-state index is 5.33. The average Bonchev–Trinajstić information content (AvgIpc) is 2.33. The molecule has 2 nitrogen and oxygen atoms in total. The fourth-order valence-electron chi connectivity index (χ4n) is 0.698. The third-order valence-electron chi connectivity index (χ3n) is 1.19. The molecule has 1 heterocycles. The molecular formula is C7H9NO. The first-order chi connectivity index (χ1) is 4.38. The minimum Gasteiger partial charge on any atom is -0.467 e. The van der Waals surface area contributed by atoms with Crippen LogP contribution in [-0.4, -0.2) is 0 Å². The molecule has 0 aliphatic rings. The van der Waals surface area contributed by atoms with E-state index in [1.807, 2.05) is 6.07 Å². The summed E-state index contributed by atoms with van der Waals surface area (Å²) >= 11 is 0. The Balaban J connectivity index is 2.98. The molecule has 0 bridgehead atoms. The second-order valence-electron chi connectivity index (χ2n) is 1.71. The largest absolute Gasteiger partial charge is 0.467 e. The Kier molecular flexibility index (Phi) is 1.70. The second kappa shape index (κ2) is 2.51. The Morgan fingerprint density at radius 3 is 3.00 bits per heavy atom. The summed E-state index contributed by atoms with van der Waals surface area (Å²) in [7, 11) is 0. The van der Waals surface area contributed by atoms with Gasteiger partial charge in [0.25, 0.3) is 0 Å². The molecule has 9 heavy (non-hydrogen) atoms. The Hall–Kier alpha value is -1.02. The van der Waals surface area contributed by atoms with Crippen LogP contribution in [0.2, 0.25) is 0 Å². The van der Waals surface area contributed by atoms with Crippen molar-refractivity contribution in [2.24, 2.45) is 5.73 Å². The van der Waals surface area contributed by atoms with Crippen molar-refractivity contribution in [3.8, 4) is 0 Å². The first kappa shape index (κ1) is 6.11. The van der Waals surface area contributed by atoms with Gasteiger partial charge in [-0.15, -0.1) is 0 Å². The first-order valence-corrected chi connectivity index (χ1v) is 2.77. The van der Waals surface area contributed by atoms with Crippen molar-refractivity contribution >= 4 is 6.08 Å². The van der Waals surface area contributed by atoms with Gasteiger partial charge in [-0.2, -0.15) is 0 Å². The predicted molar refractivity (Wildman–Crippen MR) is 36.7 cm³/mol. The van der Waals surface area contributed by atoms with Crippen LogP contribution >= 0.6 is 0 Å². The molecule has 1 aromatic rings. The van der Waals surface area contributed by atoms with Gasteiger partial charge in [0.1, 0.15) is 5.76 Å². The van der Waals surface area contributed by atoms with Crippen LogP contribution in [0, 0.1) is 0 Å². The van der Waals surface area contributed by atoms with E-state index in [4.69, 9.17) is 10.2 Å². The third kappa shape index (κ3) is 1.03. The Bertz CT molecular complexity index is 202. The highest BCUT2D eigenvalue weighted by Crippen LogP contribution is 2.09. The van der Waals surface area contributed by atoms with E-state index >= 15 is 0 Å². The zero-order valence-electron chi connectivity index (χ0n) is 5.13. The van der Waals surface area contributed by atoms with E-state index in [1.54, 1.807) is 12.3 Å². The summed E-state index contributed by atoms with van der Waals surface area (Å²) in [6, 6.07) is 1.84. The first-order valence-electron chi connectivity index (χ1n) is 2.77. The minimum absolute atomic E-state index is 0.439. The molecule has 0 atom stereocenters. The molecule has 0 spiro atoms. The molecular weight excluding hydrogens is 114 g/mol. The lowest BCUT2D eigenvalue weighted by Crippen LogP contribution is -1.95. The molecule has 2 N–H and O–H groups in total. The number of rotatable bonds is 2. The van der Waals surface area contributed by atoms with Gasteiger partial charge in [0, 0.05) is 5.56 Å². The summed E-state index contributed by atoms with van der Waals surface area (Å²) in [6.07, 6.45) is 3.34. The van der Waals surface area contributed by atoms with Gasteiger partial charge >= 0.3 is 0 Å². The van der Waals surface area contributed by atoms with E-state index < -0.39 is 0 Å². The van der Waals surface area contributed by atoms with Gasteiger partial charge in [0.15, 0.2) is 0 Å². The van der Waals surface area contributed by atoms with E-state index in [2.05, 4.69) is 6.58 Å². The number of hydrogen-bond donors (Lipinski definition) is 1. The topological polar surface area (TPSA) is 39.2 Å². The van der Waals surface area contributed by atoms with Crippen LogP contribution in [0.1, 0.15) is 11.3 Å². The van der Waals surface area contributed by atoms with Gasteiger partial charge in [-0.25, -0.2) is 0 Å². The summed E-state index contributed by atoms with van der Waals surface area (Å²) in [5.74, 6) is 0.796. The Labute approximate surface area is 54.0 Å². The van der Waals surface area contributed by atoms with Crippen LogP contribution in [-0.2, 0) is 6.54 Å². The maximum Gasteiger partial charge on any atom is 0.124 e. The standard InChI is InChI=1S/C7H9NO/c1-2-6-3-4-9-7(6)5-8/h2-4H,1,5,8H2. The smallest absolute Gasteiger partial charge is 0.124 e. The minimum atomic E-state index is 0.439. The Morgan fingerprint density at radius 2 is 2.56 bits per heavy atom. The summed E-state index contributed by atoms with van der Waals surface area (Å²) < 4.78 is 5.01. The Morgan fingerprint density at radius 1 is 1.78 bits per heavy atom. The van der Waals surface area contributed by atoms with E-state index in [1.165, 1.54) is 0 Å². The molecule has 0 aliphatic heterocycles. The molecule has 0 amide bonds. The van der Waals surface area contributed by atoms with Gasteiger partial charge in [-0.1, -0.05) is 12.7 Å². The summed E-state index contributed by atoms with van der Waals surface area (Å²) in [5, 5.41) is 0. The van der Waals surface area contributed by atoms with Crippen molar-refractivity contribution in [1.82, 2.24) is 0 Å². The van der Waals surface area contributed by atoms with Gasteiger partial charge in [-0.05, 0) is 6.07 Å². The highest BCUT2D eigenvalue weighted by atomic mass is 16.3. The van der Waals surface area contributed by atoms with Crippen molar-refractivity contribution in [2.75, 3.05) is 0 Å². The summed E-state index contributed by atoms with van der Waals surface area (Å²) in [5.41, 5.74) is 6.31. The molecule has 0 fully saturated rings. The molecule has 1 rings (SSSR count). The van der Waals surface area contributed by atoms with Crippen LogP contribution in [0.25, 0.3) is 6.08 Å². The summed E-state index contributed by atoms with van der Waals surface area (Å²) in [4.78, 5) is 0. The van der Waals surface area contributed by atoms with Crippen molar-refractivity contribution in [3.05, 3.63) is 30.2 Å². The molecule has 2 heteroatoms. The second-order valence-corrected chi connectivity index (χ2v) is 1.71. The van der Waals surface area contributed by atoms with E-state index in [0.29, 0.717) is 6.54 Å². The molecule has 1 aromatic heterocycles. The van der Waals surface area contributed by atoms with Crippen molar-refractivity contribution in [3.63, 3.8) is 0 Å². The fourth-order valence-corrected chi connectivity index (χ4v) is 0.698. The maximum atomic E-state index is 5.33. The molecule has 0 radical (unpaired) electrons. The van der Waals surface area contributed by atoms with Gasteiger partial charge in [-0.3, -0.25) is 0 Å². The average molecular weight is 123 g/mol. The number of hydrogen-bond acceptors (Lipinski definition) is 2. The lowest BCUT2D eigenvalue weighted by molar-refractivity contribution is 0.511. The molecule has 0 aromatic carbocycles. The van der Waals surface area contributed by atoms with E-state index in [0.717, 1.165) is 11.3 Å². The number of furan rings is 1. The van der Waals surface area contributed by atoms with Crippen LogP contribution in [0.15, 0.2) is 23.3 Å². The van der Waals surface area contributed by atoms with Crippen molar-refractivity contribution in [2.45, 2.75) is 6.54 Å². The zero-order valence-corrected chi connectivity index (χ0v) is 5.13.